The van der Waals surface area contributed by atoms with Crippen LogP contribution >= 0.6 is 11.6 Å². The number of hydrogen-bond donors (Lipinski definition) is 1. The number of rotatable bonds is 4. The van der Waals surface area contributed by atoms with Crippen LogP contribution in [0, 0.1) is 0 Å². The standard InChI is InChI=1S/C18H14ClN5O2/c1-26-16-6-13-15(8-22-16)24(23-17(13)18(20)25)9-10-2-3-14-11(4-10)5-12(19)7-21-14/h2-8H,9H2,1H3,(H2,20,25). The van der Waals surface area contributed by atoms with Gasteiger partial charge in [0.05, 0.1) is 35.9 Å². The molecule has 0 atom stereocenters. The van der Waals surface area contributed by atoms with Crippen molar-refractivity contribution in [3.05, 3.63) is 59.0 Å². The van der Waals surface area contributed by atoms with Gasteiger partial charge in [0, 0.05) is 23.0 Å². The molecule has 130 valence electrons. The molecule has 26 heavy (non-hydrogen) atoms. The normalized spacial score (nSPS) is 11.2. The third-order valence-corrected chi connectivity index (χ3v) is 4.31. The number of hydrogen-bond acceptors (Lipinski definition) is 5. The highest BCUT2D eigenvalue weighted by atomic mass is 35.5. The Morgan fingerprint density at radius 1 is 1.23 bits per heavy atom. The van der Waals surface area contributed by atoms with E-state index in [-0.39, 0.29) is 5.69 Å². The quantitative estimate of drug-likeness (QED) is 0.598. The molecule has 0 unspecified atom stereocenters. The lowest BCUT2D eigenvalue weighted by Crippen LogP contribution is -2.13. The highest BCUT2D eigenvalue weighted by Gasteiger charge is 2.16. The van der Waals surface area contributed by atoms with Crippen LogP contribution in [0.3, 0.4) is 0 Å². The zero-order valence-corrected chi connectivity index (χ0v) is 14.6. The summed E-state index contributed by atoms with van der Waals surface area (Å²) in [5, 5.41) is 6.48. The number of carbonyl (C=O) groups excluding carboxylic acids is 1. The molecule has 4 rings (SSSR count). The summed E-state index contributed by atoms with van der Waals surface area (Å²) in [6, 6.07) is 9.38. The maximum atomic E-state index is 11.8. The molecule has 3 heterocycles. The van der Waals surface area contributed by atoms with Crippen LogP contribution in [0.25, 0.3) is 21.8 Å². The van der Waals surface area contributed by atoms with Crippen LogP contribution in [0.1, 0.15) is 16.1 Å². The number of carbonyl (C=O) groups is 1. The summed E-state index contributed by atoms with van der Waals surface area (Å²) in [5.74, 6) is -0.206. The number of ether oxygens (including phenoxy) is 1. The van der Waals surface area contributed by atoms with Crippen molar-refractivity contribution < 1.29 is 9.53 Å². The van der Waals surface area contributed by atoms with Crippen LogP contribution < -0.4 is 10.5 Å². The van der Waals surface area contributed by atoms with E-state index in [1.807, 2.05) is 24.3 Å². The number of fused-ring (bicyclic) bond motifs is 2. The first-order chi connectivity index (χ1) is 12.5. The molecule has 0 bridgehead atoms. The van der Waals surface area contributed by atoms with Crippen molar-refractivity contribution in [1.82, 2.24) is 19.7 Å². The Hall–Kier alpha value is -3.19. The van der Waals surface area contributed by atoms with Crippen molar-refractivity contribution in [2.75, 3.05) is 7.11 Å². The molecule has 4 aromatic rings. The second-order valence-electron chi connectivity index (χ2n) is 5.79. The molecule has 0 saturated carbocycles. The van der Waals surface area contributed by atoms with Gasteiger partial charge in [0.25, 0.3) is 5.91 Å². The predicted octanol–water partition coefficient (Wildman–Crippen LogP) is 2.79. The maximum Gasteiger partial charge on any atom is 0.269 e. The molecule has 8 heteroatoms. The van der Waals surface area contributed by atoms with Gasteiger partial charge < -0.3 is 10.5 Å². The summed E-state index contributed by atoms with van der Waals surface area (Å²) in [5.41, 5.74) is 8.19. The average Bonchev–Trinajstić information content (AvgIpc) is 2.99. The molecule has 7 nitrogen and oxygen atoms in total. The number of amides is 1. The number of nitrogens with two attached hydrogens (primary N) is 1. The topological polar surface area (TPSA) is 95.9 Å². The Balaban J connectivity index is 1.80. The third kappa shape index (κ3) is 2.82. The first-order valence-electron chi connectivity index (χ1n) is 7.79. The Kier molecular flexibility index (Phi) is 3.93. The van der Waals surface area contributed by atoms with Crippen molar-refractivity contribution in [2.24, 2.45) is 5.73 Å². The van der Waals surface area contributed by atoms with Crippen LogP contribution in [-0.4, -0.2) is 32.8 Å². The number of primary amides is 1. The van der Waals surface area contributed by atoms with Crippen LogP contribution in [0.2, 0.25) is 5.02 Å². The largest absolute Gasteiger partial charge is 0.481 e. The summed E-state index contributed by atoms with van der Waals surface area (Å²) in [7, 11) is 1.51. The van der Waals surface area contributed by atoms with Gasteiger partial charge in [-0.15, -0.1) is 0 Å². The molecule has 0 fully saturated rings. The highest BCUT2D eigenvalue weighted by Crippen LogP contribution is 2.24. The molecule has 0 aliphatic heterocycles. The van der Waals surface area contributed by atoms with Crippen LogP contribution in [-0.2, 0) is 6.54 Å². The SMILES string of the molecule is COc1cc2c(C(N)=O)nn(Cc3ccc4ncc(Cl)cc4c3)c2cn1. The Morgan fingerprint density at radius 2 is 2.08 bits per heavy atom. The number of methoxy groups -OCH3 is 1. The fourth-order valence-electron chi connectivity index (χ4n) is 2.89. The minimum absolute atomic E-state index is 0.186. The minimum atomic E-state index is -0.600. The van der Waals surface area contributed by atoms with E-state index in [9.17, 15) is 4.79 Å². The molecular weight excluding hydrogens is 354 g/mol. The number of benzene rings is 1. The van der Waals surface area contributed by atoms with Gasteiger partial charge in [-0.3, -0.25) is 14.5 Å². The van der Waals surface area contributed by atoms with Gasteiger partial charge in [-0.05, 0) is 23.8 Å². The predicted molar refractivity (Wildman–Crippen MR) is 98.5 cm³/mol. The van der Waals surface area contributed by atoms with E-state index in [2.05, 4.69) is 15.1 Å². The van der Waals surface area contributed by atoms with Gasteiger partial charge in [0.15, 0.2) is 5.69 Å². The lowest BCUT2D eigenvalue weighted by molar-refractivity contribution is 0.0996. The van der Waals surface area contributed by atoms with Gasteiger partial charge in [-0.1, -0.05) is 17.7 Å². The van der Waals surface area contributed by atoms with Crippen molar-refractivity contribution in [3.63, 3.8) is 0 Å². The van der Waals surface area contributed by atoms with Crippen LogP contribution in [0.5, 0.6) is 5.88 Å². The number of nitrogens with zero attached hydrogens (tertiary/aromatic N) is 4. The van der Waals surface area contributed by atoms with Crippen LogP contribution in [0.4, 0.5) is 0 Å². The molecule has 0 aliphatic rings. The molecular formula is C18H14ClN5O2. The first-order valence-corrected chi connectivity index (χ1v) is 8.17. The van der Waals surface area contributed by atoms with E-state index in [0.717, 1.165) is 16.5 Å². The van der Waals surface area contributed by atoms with E-state index in [0.29, 0.717) is 28.4 Å². The fraction of sp³-hybridized carbons (Fsp3) is 0.111. The number of halogens is 1. The summed E-state index contributed by atoms with van der Waals surface area (Å²) < 4.78 is 6.82. The Morgan fingerprint density at radius 3 is 2.85 bits per heavy atom. The molecule has 0 aliphatic carbocycles. The molecule has 3 aromatic heterocycles. The van der Waals surface area contributed by atoms with Crippen molar-refractivity contribution in [3.8, 4) is 5.88 Å². The smallest absolute Gasteiger partial charge is 0.269 e. The molecule has 1 aromatic carbocycles. The monoisotopic (exact) mass is 367 g/mol. The van der Waals surface area contributed by atoms with Crippen molar-refractivity contribution >= 4 is 39.3 Å². The minimum Gasteiger partial charge on any atom is -0.481 e. The maximum absolute atomic E-state index is 11.8. The molecule has 0 radical (unpaired) electrons. The molecule has 0 spiro atoms. The zero-order valence-electron chi connectivity index (χ0n) is 13.8. The van der Waals surface area contributed by atoms with Crippen molar-refractivity contribution in [1.29, 1.82) is 0 Å². The lowest BCUT2D eigenvalue weighted by Gasteiger charge is -2.06. The summed E-state index contributed by atoms with van der Waals surface area (Å²) in [6.07, 6.45) is 3.23. The van der Waals surface area contributed by atoms with Gasteiger partial charge in [-0.2, -0.15) is 5.10 Å². The van der Waals surface area contributed by atoms with Gasteiger partial charge >= 0.3 is 0 Å². The Bertz CT molecular complexity index is 1160. The average molecular weight is 368 g/mol. The zero-order chi connectivity index (χ0) is 18.3. The van der Waals surface area contributed by atoms with E-state index >= 15 is 0 Å². The fourth-order valence-corrected chi connectivity index (χ4v) is 3.06. The lowest BCUT2D eigenvalue weighted by atomic mass is 10.1. The highest BCUT2D eigenvalue weighted by molar-refractivity contribution is 6.31. The summed E-state index contributed by atoms with van der Waals surface area (Å²) >= 11 is 6.02. The second-order valence-corrected chi connectivity index (χ2v) is 6.23. The third-order valence-electron chi connectivity index (χ3n) is 4.10. The molecule has 1 amide bonds. The van der Waals surface area contributed by atoms with Gasteiger partial charge in [0.1, 0.15) is 0 Å². The van der Waals surface area contributed by atoms with Crippen LogP contribution in [0.15, 0.2) is 42.7 Å². The number of pyridine rings is 2. The molecule has 2 N–H and O–H groups in total. The molecule has 0 saturated heterocycles. The van der Waals surface area contributed by atoms with E-state index in [4.69, 9.17) is 22.1 Å². The Labute approximate surface area is 153 Å². The van der Waals surface area contributed by atoms with Crippen molar-refractivity contribution in [2.45, 2.75) is 6.54 Å². The number of aromatic nitrogens is 4. The van der Waals surface area contributed by atoms with Gasteiger partial charge in [0.2, 0.25) is 5.88 Å². The summed E-state index contributed by atoms with van der Waals surface area (Å²) in [4.78, 5) is 20.2. The summed E-state index contributed by atoms with van der Waals surface area (Å²) in [6.45, 7) is 0.445. The second kappa shape index (κ2) is 6.27. The van der Waals surface area contributed by atoms with E-state index < -0.39 is 5.91 Å². The van der Waals surface area contributed by atoms with E-state index in [1.54, 1.807) is 23.1 Å². The van der Waals surface area contributed by atoms with E-state index in [1.165, 1.54) is 7.11 Å². The van der Waals surface area contributed by atoms with Gasteiger partial charge in [-0.25, -0.2) is 4.98 Å². The first kappa shape index (κ1) is 16.3.